The van der Waals surface area contributed by atoms with Crippen molar-refractivity contribution in [2.75, 3.05) is 14.2 Å². The number of nitrogens with zero attached hydrogens (tertiary/aromatic N) is 2. The maximum atomic E-state index is 14.1. The molecule has 0 saturated heterocycles. The van der Waals surface area contributed by atoms with E-state index >= 15 is 0 Å². The van der Waals surface area contributed by atoms with E-state index in [9.17, 15) is 4.79 Å². The van der Waals surface area contributed by atoms with Gasteiger partial charge in [-0.3, -0.25) is 9.36 Å². The van der Waals surface area contributed by atoms with Gasteiger partial charge in [-0.2, -0.15) is 0 Å². The number of allylic oxidation sites excluding steroid dienone is 1. The molecule has 0 spiro atoms. The normalized spacial score (nSPS) is 16.0. The maximum absolute atomic E-state index is 14.1. The second kappa shape index (κ2) is 10.6. The molecule has 204 valence electrons. The van der Waals surface area contributed by atoms with Gasteiger partial charge in [0.25, 0.3) is 5.56 Å². The van der Waals surface area contributed by atoms with Crippen LogP contribution in [0.4, 0.5) is 0 Å². The van der Waals surface area contributed by atoms with Crippen LogP contribution in [0.2, 0.25) is 0 Å². The third-order valence-electron chi connectivity index (χ3n) is 7.43. The zero-order valence-electron chi connectivity index (χ0n) is 22.5. The number of methoxy groups -OCH3 is 2. The van der Waals surface area contributed by atoms with Crippen molar-refractivity contribution in [2.24, 2.45) is 4.99 Å². The summed E-state index contributed by atoms with van der Waals surface area (Å²) in [6.07, 6.45) is 3.53. The zero-order chi connectivity index (χ0) is 27.9. The summed E-state index contributed by atoms with van der Waals surface area (Å²) in [6, 6.07) is 27.9. The minimum atomic E-state index is -0.308. The Bertz CT molecular complexity index is 1990. The van der Waals surface area contributed by atoms with Crippen LogP contribution in [0.5, 0.6) is 11.5 Å². The lowest BCUT2D eigenvalue weighted by Gasteiger charge is -2.31. The van der Waals surface area contributed by atoms with Gasteiger partial charge in [0.15, 0.2) is 21.4 Å². The molecular weight excluding hydrogens is 553 g/mol. The molecule has 0 bridgehead atoms. The molecule has 0 N–H and O–H groups in total. The van der Waals surface area contributed by atoms with Crippen LogP contribution in [0, 0.1) is 0 Å². The van der Waals surface area contributed by atoms with Crippen molar-refractivity contribution in [3.8, 4) is 11.5 Å². The van der Waals surface area contributed by atoms with E-state index in [2.05, 4.69) is 18.2 Å². The summed E-state index contributed by atoms with van der Waals surface area (Å²) in [5, 5.41) is 0.769. The number of hydrogen-bond donors (Lipinski definition) is 0. The molecule has 41 heavy (non-hydrogen) atoms. The van der Waals surface area contributed by atoms with Crippen molar-refractivity contribution in [1.29, 1.82) is 0 Å². The molecule has 1 atom stereocenters. The average molecular weight is 579 g/mol. The highest BCUT2D eigenvalue weighted by Gasteiger charge is 2.33. The van der Waals surface area contributed by atoms with Gasteiger partial charge >= 0.3 is 0 Å². The molecule has 3 aromatic carbocycles. The number of thiazole rings is 1. The second-order valence-electron chi connectivity index (χ2n) is 9.80. The Hall–Kier alpha value is -4.27. The summed E-state index contributed by atoms with van der Waals surface area (Å²) in [5.74, 6) is 1.90. The van der Waals surface area contributed by atoms with Gasteiger partial charge in [0.05, 0.1) is 30.5 Å². The van der Waals surface area contributed by atoms with Gasteiger partial charge in [0.1, 0.15) is 5.76 Å². The second-order valence-corrected chi connectivity index (χ2v) is 11.9. The van der Waals surface area contributed by atoms with Crippen LogP contribution in [-0.4, -0.2) is 18.8 Å². The highest BCUT2D eigenvalue weighted by molar-refractivity contribution is 7.99. The molecule has 2 aromatic heterocycles. The number of aromatic nitrogens is 1. The number of fused-ring (bicyclic) bond motifs is 3. The number of aryl methyl sites for hydroxylation is 1. The van der Waals surface area contributed by atoms with Crippen molar-refractivity contribution < 1.29 is 13.9 Å². The third kappa shape index (κ3) is 4.63. The molecule has 7 rings (SSSR count). The van der Waals surface area contributed by atoms with Crippen molar-refractivity contribution in [2.45, 2.75) is 28.9 Å². The van der Waals surface area contributed by atoms with Crippen LogP contribution in [0.1, 0.15) is 34.9 Å². The zero-order valence-corrected chi connectivity index (χ0v) is 24.1. The molecule has 0 saturated carbocycles. The van der Waals surface area contributed by atoms with E-state index in [1.54, 1.807) is 26.0 Å². The largest absolute Gasteiger partial charge is 0.493 e. The molecular formula is C33H26N2O4S2. The summed E-state index contributed by atoms with van der Waals surface area (Å²) in [6.45, 7) is 0. The van der Waals surface area contributed by atoms with Crippen molar-refractivity contribution in [1.82, 2.24) is 4.57 Å². The first-order chi connectivity index (χ1) is 20.1. The van der Waals surface area contributed by atoms with Gasteiger partial charge in [0, 0.05) is 16.5 Å². The molecule has 0 amide bonds. The Labute approximate surface area is 244 Å². The number of rotatable bonds is 6. The van der Waals surface area contributed by atoms with Crippen molar-refractivity contribution in [3.63, 3.8) is 0 Å². The minimum absolute atomic E-state index is 0.0902. The molecule has 8 heteroatoms. The van der Waals surface area contributed by atoms with Crippen LogP contribution in [-0.2, 0) is 6.42 Å². The lowest BCUT2D eigenvalue weighted by Crippen LogP contribution is -2.38. The number of benzene rings is 3. The Morgan fingerprint density at radius 1 is 0.951 bits per heavy atom. The lowest BCUT2D eigenvalue weighted by molar-refractivity contribution is 0.354. The summed E-state index contributed by atoms with van der Waals surface area (Å²) >= 11 is 2.94. The standard InChI is InChI=1S/C33H26N2O4S2/c1-37-26-16-13-21(18-27(26)38-2)31-25-15-12-20-8-6-7-11-24(20)30(25)34-33-35(31)32(36)28(41-33)19-22-14-17-29(39-22)40-23-9-4-3-5-10-23/h3-11,13-14,16-19,31H,12,15H2,1-2H3/b28-19+. The average Bonchev–Trinajstić information content (AvgIpc) is 3.59. The van der Waals surface area contributed by atoms with Gasteiger partial charge < -0.3 is 13.9 Å². The predicted octanol–water partition coefficient (Wildman–Crippen LogP) is 6.08. The van der Waals surface area contributed by atoms with Gasteiger partial charge in [-0.1, -0.05) is 71.6 Å². The SMILES string of the molecule is COc1ccc(C2C3=C(N=c4s/c(=C/c5ccc(Sc6ccccc6)o5)c(=O)n42)c2ccccc2CC3)cc1OC. The van der Waals surface area contributed by atoms with Crippen molar-refractivity contribution in [3.05, 3.63) is 133 Å². The van der Waals surface area contributed by atoms with Gasteiger partial charge in [0.2, 0.25) is 0 Å². The molecule has 2 aliphatic rings. The molecule has 3 heterocycles. The van der Waals surface area contributed by atoms with Gasteiger partial charge in [-0.15, -0.1) is 0 Å². The van der Waals surface area contributed by atoms with Crippen LogP contribution in [0.3, 0.4) is 0 Å². The Kier molecular flexibility index (Phi) is 6.65. The molecule has 1 aliphatic carbocycles. The van der Waals surface area contributed by atoms with Crippen LogP contribution >= 0.6 is 23.1 Å². The van der Waals surface area contributed by atoms with Crippen LogP contribution in [0.15, 0.2) is 115 Å². The highest BCUT2D eigenvalue weighted by Crippen LogP contribution is 2.42. The molecule has 0 radical (unpaired) electrons. The maximum Gasteiger partial charge on any atom is 0.271 e. The molecule has 6 nitrogen and oxygen atoms in total. The summed E-state index contributed by atoms with van der Waals surface area (Å²) in [5.41, 5.74) is 5.36. The van der Waals surface area contributed by atoms with E-state index in [1.165, 1.54) is 16.9 Å². The summed E-state index contributed by atoms with van der Waals surface area (Å²) in [4.78, 5) is 20.9. The lowest BCUT2D eigenvalue weighted by atomic mass is 9.83. The first kappa shape index (κ1) is 25.7. The molecule has 1 aliphatic heterocycles. The van der Waals surface area contributed by atoms with E-state index in [4.69, 9.17) is 18.9 Å². The summed E-state index contributed by atoms with van der Waals surface area (Å²) in [7, 11) is 3.25. The van der Waals surface area contributed by atoms with E-state index in [0.717, 1.165) is 45.2 Å². The third-order valence-corrected chi connectivity index (χ3v) is 9.34. The molecule has 1 unspecified atom stereocenters. The number of ether oxygens (including phenoxy) is 2. The van der Waals surface area contributed by atoms with E-state index in [1.807, 2.05) is 77.4 Å². The van der Waals surface area contributed by atoms with Gasteiger partial charge in [-0.05, 0) is 65.9 Å². The first-order valence-corrected chi connectivity index (χ1v) is 14.9. The monoisotopic (exact) mass is 578 g/mol. The first-order valence-electron chi connectivity index (χ1n) is 13.3. The Morgan fingerprint density at radius 2 is 1.76 bits per heavy atom. The number of furan rings is 1. The van der Waals surface area contributed by atoms with E-state index < -0.39 is 0 Å². The quantitative estimate of drug-likeness (QED) is 0.244. The van der Waals surface area contributed by atoms with E-state index in [0.29, 0.717) is 26.6 Å². The van der Waals surface area contributed by atoms with Crippen molar-refractivity contribution >= 4 is 34.9 Å². The predicted molar refractivity (Wildman–Crippen MR) is 162 cm³/mol. The smallest absolute Gasteiger partial charge is 0.271 e. The van der Waals surface area contributed by atoms with Crippen LogP contribution in [0.25, 0.3) is 11.8 Å². The molecule has 0 fully saturated rings. The Balaban J connectivity index is 1.37. The number of hydrogen-bond acceptors (Lipinski definition) is 7. The fraction of sp³-hybridized carbons (Fsp3) is 0.152. The fourth-order valence-electron chi connectivity index (χ4n) is 5.55. The molecule has 5 aromatic rings. The van der Waals surface area contributed by atoms with E-state index in [-0.39, 0.29) is 11.6 Å². The van der Waals surface area contributed by atoms with Crippen LogP contribution < -0.4 is 24.4 Å². The van der Waals surface area contributed by atoms with Gasteiger partial charge in [-0.25, -0.2) is 4.99 Å². The minimum Gasteiger partial charge on any atom is -0.493 e. The summed E-state index contributed by atoms with van der Waals surface area (Å²) < 4.78 is 19.6. The Morgan fingerprint density at radius 3 is 2.59 bits per heavy atom. The topological polar surface area (TPSA) is 66.0 Å². The highest BCUT2D eigenvalue weighted by atomic mass is 32.2. The fourth-order valence-corrected chi connectivity index (χ4v) is 7.33.